The summed E-state index contributed by atoms with van der Waals surface area (Å²) >= 11 is 0. The number of carbonyl (C=O) groups excluding carboxylic acids is 2. The smallest absolute Gasteiger partial charge is 0.234 e. The second-order valence-electron chi connectivity index (χ2n) is 5.86. The Kier molecular flexibility index (Phi) is 3.53. The van der Waals surface area contributed by atoms with E-state index >= 15 is 0 Å². The summed E-state index contributed by atoms with van der Waals surface area (Å²) in [6.45, 7) is 4.30. The van der Waals surface area contributed by atoms with Gasteiger partial charge < -0.3 is 5.32 Å². The summed E-state index contributed by atoms with van der Waals surface area (Å²) in [4.78, 5) is 26.1. The third-order valence-corrected chi connectivity index (χ3v) is 4.49. The van der Waals surface area contributed by atoms with Gasteiger partial charge in [-0.15, -0.1) is 0 Å². The molecular formula is C17H20N2O2. The number of amides is 2. The molecule has 110 valence electrons. The van der Waals surface area contributed by atoms with Gasteiger partial charge in [0, 0.05) is 5.69 Å². The number of fused-ring (bicyclic) bond motifs is 1. The molecule has 1 heterocycles. The van der Waals surface area contributed by atoms with Crippen LogP contribution in [-0.2, 0) is 9.59 Å². The number of allylic oxidation sites excluding steroid dienone is 2. The predicted octanol–water partition coefficient (Wildman–Crippen LogP) is 2.62. The van der Waals surface area contributed by atoms with E-state index in [0.29, 0.717) is 12.8 Å². The second-order valence-corrected chi connectivity index (χ2v) is 5.86. The molecule has 1 aliphatic carbocycles. The van der Waals surface area contributed by atoms with Gasteiger partial charge in [-0.2, -0.15) is 0 Å². The molecular weight excluding hydrogens is 264 g/mol. The Morgan fingerprint density at radius 2 is 1.57 bits per heavy atom. The van der Waals surface area contributed by atoms with E-state index in [2.05, 4.69) is 5.32 Å². The first-order valence-corrected chi connectivity index (χ1v) is 7.40. The van der Waals surface area contributed by atoms with Crippen LogP contribution in [0.5, 0.6) is 0 Å². The topological polar surface area (TPSA) is 49.4 Å². The lowest BCUT2D eigenvalue weighted by molar-refractivity contribution is -0.139. The van der Waals surface area contributed by atoms with Crippen molar-refractivity contribution in [2.75, 3.05) is 12.0 Å². The number of nitrogens with one attached hydrogen (secondary N) is 1. The summed E-state index contributed by atoms with van der Waals surface area (Å²) < 4.78 is 0. The fourth-order valence-electron chi connectivity index (χ4n) is 3.28. The van der Waals surface area contributed by atoms with Gasteiger partial charge in [-0.05, 0) is 37.8 Å². The van der Waals surface area contributed by atoms with Gasteiger partial charge in [0.05, 0.1) is 18.5 Å². The Morgan fingerprint density at radius 3 is 2.10 bits per heavy atom. The molecule has 1 aromatic carbocycles. The van der Waals surface area contributed by atoms with Gasteiger partial charge in [-0.3, -0.25) is 14.5 Å². The van der Waals surface area contributed by atoms with Gasteiger partial charge in [-0.25, -0.2) is 0 Å². The van der Waals surface area contributed by atoms with Crippen LogP contribution in [0.25, 0.3) is 0 Å². The fourth-order valence-corrected chi connectivity index (χ4v) is 3.28. The first-order chi connectivity index (χ1) is 10.1. The maximum absolute atomic E-state index is 12.4. The van der Waals surface area contributed by atoms with Gasteiger partial charge in [-0.1, -0.05) is 30.4 Å². The third-order valence-electron chi connectivity index (χ3n) is 4.49. The van der Waals surface area contributed by atoms with Crippen molar-refractivity contribution in [2.24, 2.45) is 11.8 Å². The molecule has 1 N–H and O–H groups in total. The molecule has 3 rings (SSSR count). The third kappa shape index (κ3) is 2.35. The molecule has 2 aliphatic rings. The standard InChI is InChI=1S/C17H20N2O2/c1-11-6-5-7-12(2)15(11)18-10-19-16(20)13-8-3-4-9-14(13)17(19)21/h3-7,13-14,18H,8-10H2,1-2H3/t13-,14-/m0/s1. The van der Waals surface area contributed by atoms with Crippen molar-refractivity contribution in [3.05, 3.63) is 41.5 Å². The fraction of sp³-hybridized carbons (Fsp3) is 0.412. The largest absolute Gasteiger partial charge is 0.367 e. The molecule has 1 aliphatic heterocycles. The lowest BCUT2D eigenvalue weighted by Gasteiger charge is -2.19. The lowest BCUT2D eigenvalue weighted by Crippen LogP contribution is -2.35. The second kappa shape index (κ2) is 5.35. The maximum atomic E-state index is 12.4. The zero-order valence-corrected chi connectivity index (χ0v) is 12.4. The van der Waals surface area contributed by atoms with E-state index in [-0.39, 0.29) is 30.3 Å². The van der Waals surface area contributed by atoms with Crippen LogP contribution in [0.2, 0.25) is 0 Å². The summed E-state index contributed by atoms with van der Waals surface area (Å²) in [5.41, 5.74) is 3.24. The van der Waals surface area contributed by atoms with Crippen molar-refractivity contribution in [1.29, 1.82) is 0 Å². The number of hydrogen-bond donors (Lipinski definition) is 1. The van der Waals surface area contributed by atoms with Crippen molar-refractivity contribution < 1.29 is 9.59 Å². The average Bonchev–Trinajstić information content (AvgIpc) is 2.72. The summed E-state index contributed by atoms with van der Waals surface area (Å²) in [5, 5.41) is 3.26. The minimum atomic E-state index is -0.151. The number of anilines is 1. The van der Waals surface area contributed by atoms with Gasteiger partial charge >= 0.3 is 0 Å². The van der Waals surface area contributed by atoms with Crippen LogP contribution in [0.3, 0.4) is 0 Å². The van der Waals surface area contributed by atoms with E-state index in [9.17, 15) is 9.59 Å². The molecule has 1 aromatic rings. The Labute approximate surface area is 124 Å². The molecule has 4 heteroatoms. The highest BCUT2D eigenvalue weighted by atomic mass is 16.2. The number of hydrogen-bond acceptors (Lipinski definition) is 3. The number of nitrogens with zero attached hydrogens (tertiary/aromatic N) is 1. The zero-order valence-electron chi connectivity index (χ0n) is 12.4. The van der Waals surface area contributed by atoms with Crippen molar-refractivity contribution in [3.8, 4) is 0 Å². The van der Waals surface area contributed by atoms with E-state index in [1.165, 1.54) is 4.90 Å². The van der Waals surface area contributed by atoms with Crippen LogP contribution in [-0.4, -0.2) is 23.4 Å². The van der Waals surface area contributed by atoms with Crippen LogP contribution in [0, 0.1) is 25.7 Å². The van der Waals surface area contributed by atoms with E-state index < -0.39 is 0 Å². The van der Waals surface area contributed by atoms with Crippen LogP contribution >= 0.6 is 0 Å². The number of carbonyl (C=O) groups is 2. The Morgan fingerprint density at radius 1 is 1.05 bits per heavy atom. The molecule has 21 heavy (non-hydrogen) atoms. The van der Waals surface area contributed by atoms with Crippen LogP contribution in [0.4, 0.5) is 5.69 Å². The van der Waals surface area contributed by atoms with Crippen molar-refractivity contribution in [2.45, 2.75) is 26.7 Å². The molecule has 1 saturated heterocycles. The number of para-hydroxylation sites is 1. The molecule has 2 amide bonds. The average molecular weight is 284 g/mol. The number of imide groups is 1. The van der Waals surface area contributed by atoms with E-state index in [4.69, 9.17) is 0 Å². The Bertz CT molecular complexity index is 575. The molecule has 0 saturated carbocycles. The molecule has 4 nitrogen and oxygen atoms in total. The molecule has 0 aromatic heterocycles. The Hall–Kier alpha value is -2.10. The molecule has 0 spiro atoms. The van der Waals surface area contributed by atoms with Crippen molar-refractivity contribution in [1.82, 2.24) is 4.90 Å². The first kappa shape index (κ1) is 13.9. The van der Waals surface area contributed by atoms with Gasteiger partial charge in [0.25, 0.3) is 0 Å². The predicted molar refractivity (Wildman–Crippen MR) is 81.6 cm³/mol. The number of rotatable bonds is 3. The molecule has 1 fully saturated rings. The number of aryl methyl sites for hydroxylation is 2. The molecule has 0 radical (unpaired) electrons. The molecule has 2 atom stereocenters. The summed E-state index contributed by atoms with van der Waals surface area (Å²) in [5.74, 6) is -0.370. The highest BCUT2D eigenvalue weighted by molar-refractivity contribution is 6.05. The van der Waals surface area contributed by atoms with E-state index in [1.54, 1.807) is 0 Å². The lowest BCUT2D eigenvalue weighted by atomic mass is 9.85. The number of benzene rings is 1. The monoisotopic (exact) mass is 284 g/mol. The van der Waals surface area contributed by atoms with Crippen LogP contribution in [0.15, 0.2) is 30.4 Å². The molecule has 0 unspecified atom stereocenters. The summed E-state index contributed by atoms with van der Waals surface area (Å²) in [7, 11) is 0. The highest BCUT2D eigenvalue weighted by Crippen LogP contribution is 2.35. The van der Waals surface area contributed by atoms with E-state index in [0.717, 1.165) is 16.8 Å². The van der Waals surface area contributed by atoms with Gasteiger partial charge in [0.2, 0.25) is 11.8 Å². The van der Waals surface area contributed by atoms with Crippen molar-refractivity contribution in [3.63, 3.8) is 0 Å². The van der Waals surface area contributed by atoms with Crippen molar-refractivity contribution >= 4 is 17.5 Å². The SMILES string of the molecule is Cc1cccc(C)c1NCN1C(=O)[C@H]2CC=CC[C@@H]2C1=O. The minimum absolute atomic E-state index is 0.0342. The first-order valence-electron chi connectivity index (χ1n) is 7.40. The van der Waals surface area contributed by atoms with Crippen LogP contribution < -0.4 is 5.32 Å². The van der Waals surface area contributed by atoms with Gasteiger partial charge in [0.1, 0.15) is 0 Å². The minimum Gasteiger partial charge on any atom is -0.367 e. The summed E-state index contributed by atoms with van der Waals surface area (Å²) in [6.07, 6.45) is 5.40. The normalized spacial score (nSPS) is 24.4. The number of likely N-dealkylation sites (tertiary alicyclic amines) is 1. The quantitative estimate of drug-likeness (QED) is 0.685. The molecule has 0 bridgehead atoms. The maximum Gasteiger partial charge on any atom is 0.234 e. The van der Waals surface area contributed by atoms with Crippen LogP contribution in [0.1, 0.15) is 24.0 Å². The highest BCUT2D eigenvalue weighted by Gasteiger charge is 2.46. The van der Waals surface area contributed by atoms with Gasteiger partial charge in [0.15, 0.2) is 0 Å². The summed E-state index contributed by atoms with van der Waals surface area (Å²) in [6, 6.07) is 6.04. The zero-order chi connectivity index (χ0) is 15.0. The van der Waals surface area contributed by atoms with E-state index in [1.807, 2.05) is 44.2 Å². The Balaban J connectivity index is 1.74.